The first kappa shape index (κ1) is 11.9. The van der Waals surface area contributed by atoms with Gasteiger partial charge in [0.15, 0.2) is 0 Å². The summed E-state index contributed by atoms with van der Waals surface area (Å²) in [5.41, 5.74) is 1.15. The van der Waals surface area contributed by atoms with E-state index in [1.807, 2.05) is 6.07 Å². The third-order valence-corrected chi connectivity index (χ3v) is 2.79. The minimum atomic E-state index is -0.398. The fraction of sp³-hybridized carbons (Fsp3) is 0.167. The van der Waals surface area contributed by atoms with E-state index in [4.69, 9.17) is 4.74 Å². The van der Waals surface area contributed by atoms with Crippen LogP contribution >= 0.6 is 15.9 Å². The summed E-state index contributed by atoms with van der Waals surface area (Å²) in [4.78, 5) is 15.8. The maximum atomic E-state index is 11.5. The molecule has 0 atom stereocenters. The number of esters is 1. The standard InChI is InChI=1S/C12H10BrNO3/c1-16-10-5-8(12(15)17-2)3-7-4-9(13)6-14-11(7)10/h3-6H,1-2H3. The second kappa shape index (κ2) is 4.71. The fourth-order valence-electron chi connectivity index (χ4n) is 1.58. The molecule has 0 aliphatic heterocycles. The summed E-state index contributed by atoms with van der Waals surface area (Å²) < 4.78 is 10.7. The molecule has 0 aliphatic rings. The SMILES string of the molecule is COC(=O)c1cc(OC)c2ncc(Br)cc2c1. The third-order valence-electron chi connectivity index (χ3n) is 2.36. The molecule has 1 aromatic heterocycles. The van der Waals surface area contributed by atoms with Crippen LogP contribution in [0.5, 0.6) is 5.75 Å². The van der Waals surface area contributed by atoms with Crippen LogP contribution in [0.2, 0.25) is 0 Å². The minimum absolute atomic E-state index is 0.398. The predicted octanol–water partition coefficient (Wildman–Crippen LogP) is 2.79. The van der Waals surface area contributed by atoms with Gasteiger partial charge in [0.1, 0.15) is 11.3 Å². The summed E-state index contributed by atoms with van der Waals surface area (Å²) in [5.74, 6) is 0.153. The molecule has 0 fully saturated rings. The Balaban J connectivity index is 2.71. The Morgan fingerprint density at radius 3 is 2.71 bits per heavy atom. The van der Waals surface area contributed by atoms with Crippen LogP contribution in [0.25, 0.3) is 10.9 Å². The van der Waals surface area contributed by atoms with Gasteiger partial charge in [-0.05, 0) is 34.1 Å². The highest BCUT2D eigenvalue weighted by atomic mass is 79.9. The van der Waals surface area contributed by atoms with Gasteiger partial charge in [-0.3, -0.25) is 4.98 Å². The number of benzene rings is 1. The molecule has 0 saturated heterocycles. The van der Waals surface area contributed by atoms with Gasteiger partial charge in [0.05, 0.1) is 19.8 Å². The van der Waals surface area contributed by atoms with Crippen molar-refractivity contribution in [1.29, 1.82) is 0 Å². The Kier molecular flexibility index (Phi) is 3.28. The van der Waals surface area contributed by atoms with Gasteiger partial charge < -0.3 is 9.47 Å². The Morgan fingerprint density at radius 1 is 1.29 bits per heavy atom. The van der Waals surface area contributed by atoms with Crippen molar-refractivity contribution in [3.8, 4) is 5.75 Å². The van der Waals surface area contributed by atoms with Gasteiger partial charge in [-0.1, -0.05) is 0 Å². The molecule has 0 bridgehead atoms. The van der Waals surface area contributed by atoms with E-state index < -0.39 is 5.97 Å². The molecule has 88 valence electrons. The zero-order chi connectivity index (χ0) is 12.4. The molecule has 0 radical (unpaired) electrons. The summed E-state index contributed by atoms with van der Waals surface area (Å²) in [5, 5.41) is 0.819. The zero-order valence-corrected chi connectivity index (χ0v) is 10.9. The molecular weight excluding hydrogens is 286 g/mol. The second-order valence-electron chi connectivity index (χ2n) is 3.40. The Bertz CT molecular complexity index is 583. The number of aromatic nitrogens is 1. The second-order valence-corrected chi connectivity index (χ2v) is 4.31. The van der Waals surface area contributed by atoms with Crippen LogP contribution in [0.3, 0.4) is 0 Å². The van der Waals surface area contributed by atoms with Crippen molar-refractivity contribution in [2.24, 2.45) is 0 Å². The highest BCUT2D eigenvalue weighted by Gasteiger charge is 2.11. The van der Waals surface area contributed by atoms with Crippen molar-refractivity contribution in [2.45, 2.75) is 0 Å². The molecule has 0 unspecified atom stereocenters. The van der Waals surface area contributed by atoms with Crippen molar-refractivity contribution < 1.29 is 14.3 Å². The largest absolute Gasteiger partial charge is 0.494 e. The van der Waals surface area contributed by atoms with Gasteiger partial charge in [0, 0.05) is 16.1 Å². The van der Waals surface area contributed by atoms with E-state index in [0.717, 1.165) is 9.86 Å². The van der Waals surface area contributed by atoms with Gasteiger partial charge in [-0.15, -0.1) is 0 Å². The lowest BCUT2D eigenvalue weighted by molar-refractivity contribution is 0.0600. The number of halogens is 1. The summed E-state index contributed by atoms with van der Waals surface area (Å²) >= 11 is 3.34. The first-order valence-electron chi connectivity index (χ1n) is 4.87. The topological polar surface area (TPSA) is 48.4 Å². The lowest BCUT2D eigenvalue weighted by atomic mass is 10.1. The molecule has 4 nitrogen and oxygen atoms in total. The number of hydrogen-bond acceptors (Lipinski definition) is 4. The molecule has 0 amide bonds. The van der Waals surface area contributed by atoms with Crippen LogP contribution in [0.1, 0.15) is 10.4 Å². The van der Waals surface area contributed by atoms with E-state index in [0.29, 0.717) is 16.8 Å². The summed E-state index contributed by atoms with van der Waals surface area (Å²) in [6.07, 6.45) is 1.68. The van der Waals surface area contributed by atoms with Gasteiger partial charge in [0.25, 0.3) is 0 Å². The fourth-order valence-corrected chi connectivity index (χ4v) is 1.93. The Morgan fingerprint density at radius 2 is 2.06 bits per heavy atom. The summed E-state index contributed by atoms with van der Waals surface area (Å²) in [7, 11) is 2.89. The highest BCUT2D eigenvalue weighted by molar-refractivity contribution is 9.10. The Labute approximate surface area is 107 Å². The number of carbonyl (C=O) groups excluding carboxylic acids is 1. The van der Waals surface area contributed by atoms with Gasteiger partial charge >= 0.3 is 5.97 Å². The molecule has 0 N–H and O–H groups in total. The van der Waals surface area contributed by atoms with E-state index in [1.165, 1.54) is 7.11 Å². The molecule has 0 saturated carbocycles. The van der Waals surface area contributed by atoms with Crippen LogP contribution in [-0.4, -0.2) is 25.2 Å². The van der Waals surface area contributed by atoms with Crippen molar-refractivity contribution in [2.75, 3.05) is 14.2 Å². The maximum Gasteiger partial charge on any atom is 0.338 e. The van der Waals surface area contributed by atoms with Crippen molar-refractivity contribution >= 4 is 32.8 Å². The predicted molar refractivity (Wildman–Crippen MR) is 67.3 cm³/mol. The Hall–Kier alpha value is -1.62. The number of carbonyl (C=O) groups is 1. The van der Waals surface area contributed by atoms with Crippen LogP contribution in [-0.2, 0) is 4.74 Å². The van der Waals surface area contributed by atoms with Crippen molar-refractivity contribution in [1.82, 2.24) is 4.98 Å². The van der Waals surface area contributed by atoms with Gasteiger partial charge in [-0.2, -0.15) is 0 Å². The third kappa shape index (κ3) is 2.24. The lowest BCUT2D eigenvalue weighted by Gasteiger charge is -2.07. The first-order chi connectivity index (χ1) is 8.15. The average Bonchev–Trinajstić information content (AvgIpc) is 2.35. The van der Waals surface area contributed by atoms with Crippen LogP contribution in [0, 0.1) is 0 Å². The summed E-state index contributed by atoms with van der Waals surface area (Å²) in [6.45, 7) is 0. The van der Waals surface area contributed by atoms with Crippen molar-refractivity contribution in [3.63, 3.8) is 0 Å². The number of nitrogens with zero attached hydrogens (tertiary/aromatic N) is 1. The maximum absolute atomic E-state index is 11.5. The number of rotatable bonds is 2. The number of ether oxygens (including phenoxy) is 2. The molecule has 17 heavy (non-hydrogen) atoms. The molecule has 0 aliphatic carbocycles. The normalized spacial score (nSPS) is 10.3. The summed E-state index contributed by atoms with van der Waals surface area (Å²) in [6, 6.07) is 5.22. The molecule has 5 heteroatoms. The average molecular weight is 296 g/mol. The van der Waals surface area contributed by atoms with Crippen LogP contribution < -0.4 is 4.74 Å². The number of hydrogen-bond donors (Lipinski definition) is 0. The van der Waals surface area contributed by atoms with Gasteiger partial charge in [0.2, 0.25) is 0 Å². The zero-order valence-electron chi connectivity index (χ0n) is 9.36. The van der Waals surface area contributed by atoms with Crippen LogP contribution in [0.15, 0.2) is 28.9 Å². The molecule has 0 spiro atoms. The number of methoxy groups -OCH3 is 2. The minimum Gasteiger partial charge on any atom is -0.494 e. The van der Waals surface area contributed by atoms with Crippen LogP contribution in [0.4, 0.5) is 0 Å². The highest BCUT2D eigenvalue weighted by Crippen LogP contribution is 2.27. The number of fused-ring (bicyclic) bond motifs is 1. The quantitative estimate of drug-likeness (QED) is 0.800. The molecule has 1 aromatic carbocycles. The molecular formula is C12H10BrNO3. The van der Waals surface area contributed by atoms with E-state index in [-0.39, 0.29) is 0 Å². The van der Waals surface area contributed by atoms with Crippen molar-refractivity contribution in [3.05, 3.63) is 34.4 Å². The van der Waals surface area contributed by atoms with Gasteiger partial charge in [-0.25, -0.2) is 4.79 Å². The van der Waals surface area contributed by atoms with E-state index in [1.54, 1.807) is 25.4 Å². The van der Waals surface area contributed by atoms with E-state index in [9.17, 15) is 4.79 Å². The molecule has 2 rings (SSSR count). The lowest BCUT2D eigenvalue weighted by Crippen LogP contribution is -2.02. The molecule has 1 heterocycles. The molecule has 2 aromatic rings. The first-order valence-corrected chi connectivity index (χ1v) is 5.66. The smallest absolute Gasteiger partial charge is 0.338 e. The number of pyridine rings is 1. The van der Waals surface area contributed by atoms with E-state index in [2.05, 4.69) is 25.7 Å². The monoisotopic (exact) mass is 295 g/mol. The van der Waals surface area contributed by atoms with E-state index >= 15 is 0 Å².